The van der Waals surface area contributed by atoms with Gasteiger partial charge < -0.3 is 14.8 Å². The number of hydrogen-bond acceptors (Lipinski definition) is 8. The fourth-order valence-electron chi connectivity index (χ4n) is 4.00. The van der Waals surface area contributed by atoms with E-state index in [2.05, 4.69) is 16.4 Å². The third-order valence-electron chi connectivity index (χ3n) is 5.75. The second kappa shape index (κ2) is 9.73. The normalized spacial score (nSPS) is 15.6. The van der Waals surface area contributed by atoms with Gasteiger partial charge >= 0.3 is 0 Å². The summed E-state index contributed by atoms with van der Waals surface area (Å²) in [6, 6.07) is 13.6. The van der Waals surface area contributed by atoms with Gasteiger partial charge in [-0.25, -0.2) is 13.4 Å². The molecule has 1 amide bonds. The second-order valence-corrected chi connectivity index (χ2v) is 11.0. The first kappa shape index (κ1) is 23.4. The number of nitriles is 1. The topological polar surface area (TPSA) is 122 Å². The number of carbonyl (C=O) groups excluding carboxylic acids is 1. The molecule has 0 aliphatic carbocycles. The number of nitrogens with zero attached hydrogens (tertiary/aromatic N) is 3. The smallest absolute Gasteiger partial charge is 0.243 e. The van der Waals surface area contributed by atoms with Gasteiger partial charge in [0, 0.05) is 30.2 Å². The van der Waals surface area contributed by atoms with E-state index in [1.165, 1.54) is 16.4 Å². The Morgan fingerprint density at radius 3 is 2.46 bits per heavy atom. The molecule has 0 unspecified atom stereocenters. The Kier molecular flexibility index (Phi) is 6.51. The monoisotopic (exact) mass is 510 g/mol. The highest BCUT2D eigenvalue weighted by atomic mass is 32.2. The van der Waals surface area contributed by atoms with Gasteiger partial charge in [0.15, 0.2) is 11.5 Å². The van der Waals surface area contributed by atoms with Gasteiger partial charge in [0.05, 0.1) is 21.7 Å². The van der Waals surface area contributed by atoms with Gasteiger partial charge in [0.25, 0.3) is 0 Å². The van der Waals surface area contributed by atoms with Crippen molar-refractivity contribution in [2.24, 2.45) is 0 Å². The maximum absolute atomic E-state index is 12.6. The molecular formula is C24H22N4O5S2. The van der Waals surface area contributed by atoms with E-state index in [1.54, 1.807) is 30.3 Å². The zero-order valence-corrected chi connectivity index (χ0v) is 20.3. The van der Waals surface area contributed by atoms with E-state index in [-0.39, 0.29) is 16.6 Å². The lowest BCUT2D eigenvalue weighted by atomic mass is 10.1. The largest absolute Gasteiger partial charge is 0.486 e. The molecule has 2 aliphatic rings. The van der Waals surface area contributed by atoms with Crippen LogP contribution >= 0.6 is 11.8 Å². The molecule has 2 aliphatic heterocycles. The van der Waals surface area contributed by atoms with Crippen molar-refractivity contribution >= 4 is 44.3 Å². The van der Waals surface area contributed by atoms with Crippen molar-refractivity contribution in [3.63, 3.8) is 0 Å². The molecule has 0 radical (unpaired) electrons. The summed E-state index contributed by atoms with van der Waals surface area (Å²) in [5.41, 5.74) is 1.50. The molecule has 1 N–H and O–H groups in total. The van der Waals surface area contributed by atoms with Crippen LogP contribution in [0.2, 0.25) is 0 Å². The second-order valence-electron chi connectivity index (χ2n) is 8.11. The number of pyridine rings is 1. The van der Waals surface area contributed by atoms with E-state index in [1.807, 2.05) is 0 Å². The van der Waals surface area contributed by atoms with Crippen molar-refractivity contribution in [2.75, 3.05) is 37.4 Å². The van der Waals surface area contributed by atoms with E-state index in [0.717, 1.165) is 30.0 Å². The maximum atomic E-state index is 12.6. The predicted octanol–water partition coefficient (Wildman–Crippen LogP) is 3.39. The Bertz CT molecular complexity index is 1430. The summed E-state index contributed by atoms with van der Waals surface area (Å²) in [6.07, 6.45) is 1.74. The van der Waals surface area contributed by atoms with Crippen molar-refractivity contribution in [3.05, 3.63) is 48.0 Å². The van der Waals surface area contributed by atoms with E-state index in [0.29, 0.717) is 59.6 Å². The molecule has 1 aromatic heterocycles. The van der Waals surface area contributed by atoms with Crippen molar-refractivity contribution < 1.29 is 22.7 Å². The van der Waals surface area contributed by atoms with Crippen LogP contribution in [0.3, 0.4) is 0 Å². The molecule has 3 heterocycles. The summed E-state index contributed by atoms with van der Waals surface area (Å²) >= 11 is 1.16. The molecule has 0 bridgehead atoms. The van der Waals surface area contributed by atoms with Crippen LogP contribution in [0.5, 0.6) is 11.5 Å². The van der Waals surface area contributed by atoms with E-state index in [4.69, 9.17) is 9.47 Å². The van der Waals surface area contributed by atoms with Gasteiger partial charge in [-0.1, -0.05) is 11.8 Å². The number of aromatic nitrogens is 1. The average Bonchev–Trinajstić information content (AvgIpc) is 3.42. The lowest BCUT2D eigenvalue weighted by Crippen LogP contribution is -2.27. The summed E-state index contributed by atoms with van der Waals surface area (Å²) in [4.78, 5) is 17.3. The summed E-state index contributed by atoms with van der Waals surface area (Å²) in [7, 11) is -3.50. The van der Waals surface area contributed by atoms with Crippen LogP contribution in [-0.4, -0.2) is 55.7 Å². The number of sulfonamides is 1. The Balaban J connectivity index is 1.26. The van der Waals surface area contributed by atoms with Crippen LogP contribution in [0.25, 0.3) is 10.9 Å². The number of carbonyl (C=O) groups is 1. The van der Waals surface area contributed by atoms with Crippen LogP contribution < -0.4 is 14.8 Å². The standard InChI is InChI=1S/C24H22N4O5S2/c25-14-17-11-16-12-21-22(33-10-9-32-21)13-20(16)27-24(17)34-15-23(29)26-18-3-5-19(6-4-18)35(30,31)28-7-1-2-8-28/h3-6,11-13H,1-2,7-10,15H2,(H,26,29). The number of rotatable bonds is 6. The molecule has 2 aromatic carbocycles. The minimum absolute atomic E-state index is 0.0333. The van der Waals surface area contributed by atoms with Crippen LogP contribution in [0.4, 0.5) is 5.69 Å². The van der Waals surface area contributed by atoms with Crippen molar-refractivity contribution in [2.45, 2.75) is 22.8 Å². The lowest BCUT2D eigenvalue weighted by Gasteiger charge is -2.18. The molecule has 3 aromatic rings. The number of ether oxygens (including phenoxy) is 2. The number of benzene rings is 2. The minimum atomic E-state index is -3.50. The average molecular weight is 511 g/mol. The van der Waals surface area contributed by atoms with Gasteiger partial charge in [-0.05, 0) is 49.2 Å². The number of amides is 1. The van der Waals surface area contributed by atoms with Crippen LogP contribution in [-0.2, 0) is 14.8 Å². The molecule has 9 nitrogen and oxygen atoms in total. The quantitative estimate of drug-likeness (QED) is 0.501. The highest BCUT2D eigenvalue weighted by Crippen LogP contribution is 2.35. The summed E-state index contributed by atoms with van der Waals surface area (Å²) in [5, 5.41) is 13.5. The number of hydrogen-bond donors (Lipinski definition) is 1. The number of anilines is 1. The Hall–Kier alpha value is -3.33. The fourth-order valence-corrected chi connectivity index (χ4v) is 6.28. The van der Waals surface area contributed by atoms with Gasteiger partial charge in [-0.15, -0.1) is 0 Å². The molecule has 180 valence electrons. The first-order chi connectivity index (χ1) is 16.9. The third-order valence-corrected chi connectivity index (χ3v) is 8.65. The minimum Gasteiger partial charge on any atom is -0.486 e. The van der Waals surface area contributed by atoms with Gasteiger partial charge in [-0.2, -0.15) is 9.57 Å². The number of nitrogens with one attached hydrogen (secondary N) is 1. The zero-order valence-electron chi connectivity index (χ0n) is 18.7. The molecule has 0 saturated carbocycles. The SMILES string of the molecule is N#Cc1cc2cc3c(cc2nc1SCC(=O)Nc1ccc(S(=O)(=O)N2CCCC2)cc1)OCCO3. The van der Waals surface area contributed by atoms with Crippen molar-refractivity contribution in [1.29, 1.82) is 5.26 Å². The first-order valence-corrected chi connectivity index (χ1v) is 13.5. The van der Waals surface area contributed by atoms with E-state index >= 15 is 0 Å². The molecule has 11 heteroatoms. The van der Waals surface area contributed by atoms with Crippen molar-refractivity contribution in [3.8, 4) is 17.6 Å². The summed E-state index contributed by atoms with van der Waals surface area (Å²) < 4.78 is 38.0. The Morgan fingerprint density at radius 2 is 1.77 bits per heavy atom. The summed E-state index contributed by atoms with van der Waals surface area (Å²) in [6.45, 7) is 2.00. The molecule has 5 rings (SSSR count). The number of thioether (sulfide) groups is 1. The molecule has 0 atom stereocenters. The Labute approximate surface area is 207 Å². The van der Waals surface area contributed by atoms with E-state index < -0.39 is 10.0 Å². The van der Waals surface area contributed by atoms with Gasteiger partial charge in [0.1, 0.15) is 24.3 Å². The highest BCUT2D eigenvalue weighted by molar-refractivity contribution is 8.00. The third kappa shape index (κ3) is 4.91. The maximum Gasteiger partial charge on any atom is 0.243 e. The lowest BCUT2D eigenvalue weighted by molar-refractivity contribution is -0.113. The van der Waals surface area contributed by atoms with Crippen LogP contribution in [0.1, 0.15) is 18.4 Å². The zero-order chi connectivity index (χ0) is 24.4. The highest BCUT2D eigenvalue weighted by Gasteiger charge is 2.27. The molecule has 0 spiro atoms. The first-order valence-electron chi connectivity index (χ1n) is 11.1. The fraction of sp³-hybridized carbons (Fsp3) is 0.292. The van der Waals surface area contributed by atoms with Crippen molar-refractivity contribution in [1.82, 2.24) is 9.29 Å². The van der Waals surface area contributed by atoms with Gasteiger partial charge in [-0.3, -0.25) is 4.79 Å². The van der Waals surface area contributed by atoms with Crippen LogP contribution in [0.15, 0.2) is 52.4 Å². The molecular weight excluding hydrogens is 488 g/mol. The Morgan fingerprint density at radius 1 is 1.09 bits per heavy atom. The molecule has 1 fully saturated rings. The summed E-state index contributed by atoms with van der Waals surface area (Å²) in [5.74, 6) is 0.961. The van der Waals surface area contributed by atoms with E-state index in [9.17, 15) is 18.5 Å². The number of fused-ring (bicyclic) bond motifs is 2. The molecule has 1 saturated heterocycles. The predicted molar refractivity (Wildman–Crippen MR) is 131 cm³/mol. The van der Waals surface area contributed by atoms with Crippen LogP contribution in [0, 0.1) is 11.3 Å². The molecule has 35 heavy (non-hydrogen) atoms. The van der Waals surface area contributed by atoms with Gasteiger partial charge in [0.2, 0.25) is 15.9 Å².